The van der Waals surface area contributed by atoms with Crippen molar-refractivity contribution < 1.29 is 9.90 Å². The minimum absolute atomic E-state index is 0.216. The molecule has 2 aliphatic rings. The Hall–Kier alpha value is -0.570. The summed E-state index contributed by atoms with van der Waals surface area (Å²) >= 11 is 0. The summed E-state index contributed by atoms with van der Waals surface area (Å²) in [6.07, 6.45) is 4.49. The second-order valence-electron chi connectivity index (χ2n) is 6.12. The third-order valence-corrected chi connectivity index (χ3v) is 4.42. The minimum atomic E-state index is 0.216. The standard InChI is InChI=1S/C13H23NO2/c1-13(2)6-11(13)12(16)14-7-9-4-3-5-10(9)8-15/h9-11,15H,3-8H2,1-2H3,(H,14,16). The van der Waals surface area contributed by atoms with Crippen LogP contribution in [0.2, 0.25) is 0 Å². The summed E-state index contributed by atoms with van der Waals surface area (Å²) in [6.45, 7) is 5.32. The zero-order valence-electron chi connectivity index (χ0n) is 10.3. The number of aliphatic hydroxyl groups is 1. The molecule has 2 saturated carbocycles. The molecular formula is C13H23NO2. The van der Waals surface area contributed by atoms with E-state index in [1.165, 1.54) is 6.42 Å². The van der Waals surface area contributed by atoms with E-state index in [-0.39, 0.29) is 23.8 Å². The second kappa shape index (κ2) is 4.36. The Morgan fingerprint density at radius 3 is 2.56 bits per heavy atom. The van der Waals surface area contributed by atoms with Gasteiger partial charge in [-0.05, 0) is 36.5 Å². The van der Waals surface area contributed by atoms with Crippen molar-refractivity contribution in [3.05, 3.63) is 0 Å². The molecule has 2 rings (SSSR count). The molecule has 0 aromatic rings. The first-order chi connectivity index (χ1) is 7.54. The van der Waals surface area contributed by atoms with E-state index < -0.39 is 0 Å². The number of carbonyl (C=O) groups excluding carboxylic acids is 1. The summed E-state index contributed by atoms with van der Waals surface area (Å²) in [5.74, 6) is 1.35. The molecule has 3 nitrogen and oxygen atoms in total. The van der Waals surface area contributed by atoms with E-state index >= 15 is 0 Å². The van der Waals surface area contributed by atoms with Crippen molar-refractivity contribution in [1.82, 2.24) is 5.32 Å². The molecule has 0 radical (unpaired) electrons. The molecule has 92 valence electrons. The zero-order chi connectivity index (χ0) is 11.8. The van der Waals surface area contributed by atoms with Crippen LogP contribution in [-0.4, -0.2) is 24.2 Å². The molecule has 0 aromatic heterocycles. The molecule has 0 aliphatic heterocycles. The fourth-order valence-corrected chi connectivity index (χ4v) is 2.89. The van der Waals surface area contributed by atoms with Crippen LogP contribution < -0.4 is 5.32 Å². The quantitative estimate of drug-likeness (QED) is 0.763. The Morgan fingerprint density at radius 2 is 2.00 bits per heavy atom. The molecule has 0 aromatic carbocycles. The van der Waals surface area contributed by atoms with Crippen LogP contribution in [0.15, 0.2) is 0 Å². The van der Waals surface area contributed by atoms with Gasteiger partial charge in [-0.2, -0.15) is 0 Å². The number of carbonyl (C=O) groups is 1. The molecule has 2 N–H and O–H groups in total. The number of amides is 1. The van der Waals surface area contributed by atoms with Crippen LogP contribution in [0.1, 0.15) is 39.5 Å². The molecule has 2 aliphatic carbocycles. The highest BCUT2D eigenvalue weighted by atomic mass is 16.3. The van der Waals surface area contributed by atoms with Crippen molar-refractivity contribution in [2.24, 2.45) is 23.2 Å². The molecule has 0 bridgehead atoms. The molecule has 3 atom stereocenters. The maximum atomic E-state index is 11.8. The first-order valence-corrected chi connectivity index (χ1v) is 6.43. The highest BCUT2D eigenvalue weighted by molar-refractivity contribution is 5.82. The third kappa shape index (κ3) is 2.40. The van der Waals surface area contributed by atoms with Gasteiger partial charge < -0.3 is 10.4 Å². The fourth-order valence-electron chi connectivity index (χ4n) is 2.89. The van der Waals surface area contributed by atoms with Crippen LogP contribution in [0.3, 0.4) is 0 Å². The number of hydrogen-bond donors (Lipinski definition) is 2. The first-order valence-electron chi connectivity index (χ1n) is 6.43. The van der Waals surface area contributed by atoms with Crippen LogP contribution in [0.4, 0.5) is 0 Å². The van der Waals surface area contributed by atoms with Gasteiger partial charge in [-0.3, -0.25) is 4.79 Å². The topological polar surface area (TPSA) is 49.3 Å². The number of aliphatic hydroxyl groups excluding tert-OH is 1. The lowest BCUT2D eigenvalue weighted by Gasteiger charge is -2.18. The lowest BCUT2D eigenvalue weighted by molar-refractivity contribution is -0.123. The Balaban J connectivity index is 1.73. The van der Waals surface area contributed by atoms with E-state index in [1.54, 1.807) is 0 Å². The van der Waals surface area contributed by atoms with Crippen LogP contribution in [0.25, 0.3) is 0 Å². The largest absolute Gasteiger partial charge is 0.396 e. The summed E-state index contributed by atoms with van der Waals surface area (Å²) < 4.78 is 0. The highest BCUT2D eigenvalue weighted by Gasteiger charge is 2.50. The summed E-state index contributed by atoms with van der Waals surface area (Å²) in [6, 6.07) is 0. The predicted molar refractivity (Wildman–Crippen MR) is 62.8 cm³/mol. The fraction of sp³-hybridized carbons (Fsp3) is 0.923. The smallest absolute Gasteiger partial charge is 0.223 e. The Kier molecular flexibility index (Phi) is 3.24. The van der Waals surface area contributed by atoms with Gasteiger partial charge in [0, 0.05) is 19.1 Å². The molecule has 3 heteroatoms. The first kappa shape index (κ1) is 11.9. The van der Waals surface area contributed by atoms with Crippen molar-refractivity contribution in [1.29, 1.82) is 0 Å². The van der Waals surface area contributed by atoms with Gasteiger partial charge in [0.05, 0.1) is 0 Å². The van der Waals surface area contributed by atoms with Gasteiger partial charge in [0.25, 0.3) is 0 Å². The maximum absolute atomic E-state index is 11.8. The van der Waals surface area contributed by atoms with E-state index in [4.69, 9.17) is 0 Å². The van der Waals surface area contributed by atoms with Crippen LogP contribution in [-0.2, 0) is 4.79 Å². The normalized spacial score (nSPS) is 36.1. The van der Waals surface area contributed by atoms with Crippen molar-refractivity contribution >= 4 is 5.91 Å². The van der Waals surface area contributed by atoms with Gasteiger partial charge >= 0.3 is 0 Å². The van der Waals surface area contributed by atoms with E-state index in [0.717, 1.165) is 25.8 Å². The van der Waals surface area contributed by atoms with Gasteiger partial charge in [0.1, 0.15) is 0 Å². The van der Waals surface area contributed by atoms with Crippen molar-refractivity contribution in [3.63, 3.8) is 0 Å². The van der Waals surface area contributed by atoms with E-state index in [1.807, 2.05) is 0 Å². The molecule has 1 amide bonds. The van der Waals surface area contributed by atoms with E-state index in [9.17, 15) is 9.90 Å². The van der Waals surface area contributed by atoms with Crippen molar-refractivity contribution in [2.45, 2.75) is 39.5 Å². The van der Waals surface area contributed by atoms with Crippen LogP contribution in [0, 0.1) is 23.2 Å². The highest BCUT2D eigenvalue weighted by Crippen LogP contribution is 2.51. The summed E-state index contributed by atoms with van der Waals surface area (Å²) in [4.78, 5) is 11.8. The Morgan fingerprint density at radius 1 is 1.38 bits per heavy atom. The number of nitrogens with one attached hydrogen (secondary N) is 1. The zero-order valence-corrected chi connectivity index (χ0v) is 10.3. The second-order valence-corrected chi connectivity index (χ2v) is 6.12. The molecule has 0 heterocycles. The average molecular weight is 225 g/mol. The van der Waals surface area contributed by atoms with E-state index in [0.29, 0.717) is 11.8 Å². The average Bonchev–Trinajstić information content (AvgIpc) is 2.71. The molecule has 3 unspecified atom stereocenters. The van der Waals surface area contributed by atoms with Crippen LogP contribution >= 0.6 is 0 Å². The van der Waals surface area contributed by atoms with Crippen LogP contribution in [0.5, 0.6) is 0 Å². The summed E-state index contributed by atoms with van der Waals surface area (Å²) in [5, 5.41) is 12.2. The van der Waals surface area contributed by atoms with Gasteiger partial charge in [0.15, 0.2) is 0 Å². The lowest BCUT2D eigenvalue weighted by Crippen LogP contribution is -2.33. The Bertz CT molecular complexity index is 275. The van der Waals surface area contributed by atoms with Crippen molar-refractivity contribution in [3.8, 4) is 0 Å². The summed E-state index contributed by atoms with van der Waals surface area (Å²) in [7, 11) is 0. The maximum Gasteiger partial charge on any atom is 0.223 e. The lowest BCUT2D eigenvalue weighted by atomic mass is 9.97. The third-order valence-electron chi connectivity index (χ3n) is 4.42. The Labute approximate surface area is 97.6 Å². The van der Waals surface area contributed by atoms with Gasteiger partial charge in [0.2, 0.25) is 5.91 Å². The SMILES string of the molecule is CC1(C)CC1C(=O)NCC1CCCC1CO. The van der Waals surface area contributed by atoms with Gasteiger partial charge in [-0.1, -0.05) is 20.3 Å². The monoisotopic (exact) mass is 225 g/mol. The molecular weight excluding hydrogens is 202 g/mol. The van der Waals surface area contributed by atoms with Gasteiger partial charge in [-0.15, -0.1) is 0 Å². The minimum Gasteiger partial charge on any atom is -0.396 e. The molecule has 0 saturated heterocycles. The number of hydrogen-bond acceptors (Lipinski definition) is 2. The molecule has 16 heavy (non-hydrogen) atoms. The molecule has 2 fully saturated rings. The van der Waals surface area contributed by atoms with Crippen molar-refractivity contribution in [2.75, 3.05) is 13.2 Å². The number of rotatable bonds is 4. The van der Waals surface area contributed by atoms with E-state index in [2.05, 4.69) is 19.2 Å². The molecule has 0 spiro atoms. The van der Waals surface area contributed by atoms with Gasteiger partial charge in [-0.25, -0.2) is 0 Å². The summed E-state index contributed by atoms with van der Waals surface area (Å²) in [5.41, 5.74) is 0.218. The predicted octanol–water partition coefficient (Wildman–Crippen LogP) is 1.56.